The Morgan fingerprint density at radius 2 is 1.75 bits per heavy atom. The van der Waals surface area contributed by atoms with Crippen LogP contribution in [0.3, 0.4) is 0 Å². The van der Waals surface area contributed by atoms with Gasteiger partial charge in [0, 0.05) is 11.8 Å². The van der Waals surface area contributed by atoms with Crippen molar-refractivity contribution in [1.29, 1.82) is 0 Å². The fourth-order valence-corrected chi connectivity index (χ4v) is 4.52. The highest BCUT2D eigenvalue weighted by atomic mass is 32.2. The molecule has 0 aliphatic carbocycles. The molecule has 0 aliphatic heterocycles. The second-order valence-corrected chi connectivity index (χ2v) is 8.88. The molecule has 1 N–H and O–H groups in total. The molecule has 166 valence electrons. The maximum absolute atomic E-state index is 13.4. The van der Waals surface area contributed by atoms with Gasteiger partial charge < -0.3 is 10.1 Å². The third kappa shape index (κ3) is 5.76. The van der Waals surface area contributed by atoms with Crippen molar-refractivity contribution in [2.45, 2.75) is 18.2 Å². The minimum atomic E-state index is -3.94. The third-order valence-electron chi connectivity index (χ3n) is 4.74. The van der Waals surface area contributed by atoms with Gasteiger partial charge >= 0.3 is 0 Å². The molecule has 0 saturated carbocycles. The topological polar surface area (TPSA) is 75.7 Å². The fraction of sp³-hybridized carbons (Fsp3) is 0.160. The molecule has 0 radical (unpaired) electrons. The van der Waals surface area contributed by atoms with Crippen molar-refractivity contribution < 1.29 is 17.9 Å². The summed E-state index contributed by atoms with van der Waals surface area (Å²) in [6.45, 7) is 5.60. The first-order chi connectivity index (χ1) is 15.4. The fourth-order valence-electron chi connectivity index (χ4n) is 3.08. The van der Waals surface area contributed by atoms with Crippen molar-refractivity contribution in [3.05, 3.63) is 97.1 Å². The van der Waals surface area contributed by atoms with Crippen LogP contribution in [0.5, 0.6) is 5.75 Å². The van der Waals surface area contributed by atoms with E-state index in [4.69, 9.17) is 4.74 Å². The van der Waals surface area contributed by atoms with E-state index in [-0.39, 0.29) is 11.4 Å². The Hall–Kier alpha value is -3.58. The minimum Gasteiger partial charge on any atom is -0.489 e. The number of nitrogens with zero attached hydrogens (tertiary/aromatic N) is 1. The third-order valence-corrected chi connectivity index (χ3v) is 6.52. The van der Waals surface area contributed by atoms with Crippen molar-refractivity contribution in [2.24, 2.45) is 0 Å². The molecular weight excluding hydrogens is 424 g/mol. The SMILES string of the molecule is C=CCOc1cccc(NC(=O)CN(c2ccc(CC)cc2)S(=O)(=O)c2ccccc2)c1. The molecule has 3 aromatic rings. The molecule has 32 heavy (non-hydrogen) atoms. The lowest BCUT2D eigenvalue weighted by atomic mass is 10.1. The molecule has 0 heterocycles. The zero-order chi connectivity index (χ0) is 23.0. The van der Waals surface area contributed by atoms with Crippen LogP contribution in [0.25, 0.3) is 0 Å². The molecule has 0 aliphatic rings. The van der Waals surface area contributed by atoms with Gasteiger partial charge in [0.15, 0.2) is 0 Å². The van der Waals surface area contributed by atoms with Crippen LogP contribution in [-0.4, -0.2) is 27.5 Å². The lowest BCUT2D eigenvalue weighted by Crippen LogP contribution is -2.38. The molecule has 6 nitrogen and oxygen atoms in total. The van der Waals surface area contributed by atoms with Crippen molar-refractivity contribution >= 4 is 27.3 Å². The molecule has 1 amide bonds. The van der Waals surface area contributed by atoms with Crippen LogP contribution in [0.1, 0.15) is 12.5 Å². The summed E-state index contributed by atoms with van der Waals surface area (Å²) in [5, 5.41) is 2.75. The normalized spacial score (nSPS) is 10.9. The molecule has 3 rings (SSSR count). The largest absolute Gasteiger partial charge is 0.489 e. The number of carbonyl (C=O) groups excluding carboxylic acids is 1. The number of hydrogen-bond donors (Lipinski definition) is 1. The number of rotatable bonds is 10. The molecule has 0 atom stereocenters. The molecule has 0 bridgehead atoms. The average Bonchev–Trinajstić information content (AvgIpc) is 2.82. The van der Waals surface area contributed by atoms with Gasteiger partial charge in [0.1, 0.15) is 18.9 Å². The second kappa shape index (κ2) is 10.6. The van der Waals surface area contributed by atoms with Crippen LogP contribution < -0.4 is 14.4 Å². The Morgan fingerprint density at radius 1 is 1.03 bits per heavy atom. The van der Waals surface area contributed by atoms with Crippen LogP contribution in [0, 0.1) is 0 Å². The molecule has 0 unspecified atom stereocenters. The Labute approximate surface area is 189 Å². The van der Waals surface area contributed by atoms with Crippen LogP contribution in [-0.2, 0) is 21.2 Å². The Bertz CT molecular complexity index is 1160. The lowest BCUT2D eigenvalue weighted by molar-refractivity contribution is -0.114. The minimum absolute atomic E-state index is 0.118. The van der Waals surface area contributed by atoms with Crippen molar-refractivity contribution in [3.63, 3.8) is 0 Å². The van der Waals surface area contributed by atoms with E-state index >= 15 is 0 Å². The second-order valence-electron chi connectivity index (χ2n) is 7.02. The molecule has 0 spiro atoms. The number of benzene rings is 3. The van der Waals surface area contributed by atoms with E-state index in [2.05, 4.69) is 11.9 Å². The summed E-state index contributed by atoms with van der Waals surface area (Å²) in [4.78, 5) is 13.0. The molecule has 0 aromatic heterocycles. The lowest BCUT2D eigenvalue weighted by Gasteiger charge is -2.24. The number of ether oxygens (including phenoxy) is 1. The van der Waals surface area contributed by atoms with Crippen molar-refractivity contribution in [3.8, 4) is 5.75 Å². The van der Waals surface area contributed by atoms with E-state index in [0.717, 1.165) is 16.3 Å². The number of sulfonamides is 1. The highest BCUT2D eigenvalue weighted by molar-refractivity contribution is 7.92. The van der Waals surface area contributed by atoms with Gasteiger partial charge in [0.2, 0.25) is 5.91 Å². The summed E-state index contributed by atoms with van der Waals surface area (Å²) in [5.74, 6) is 0.108. The Balaban J connectivity index is 1.87. The maximum Gasteiger partial charge on any atom is 0.264 e. The van der Waals surface area contributed by atoms with Crippen LogP contribution >= 0.6 is 0 Å². The first-order valence-corrected chi connectivity index (χ1v) is 11.7. The van der Waals surface area contributed by atoms with Gasteiger partial charge in [0.05, 0.1) is 10.6 Å². The van der Waals surface area contributed by atoms with Gasteiger partial charge in [-0.1, -0.05) is 56.0 Å². The highest BCUT2D eigenvalue weighted by Crippen LogP contribution is 2.25. The van der Waals surface area contributed by atoms with Crippen molar-refractivity contribution in [2.75, 3.05) is 22.8 Å². The van der Waals surface area contributed by atoms with E-state index < -0.39 is 15.9 Å². The summed E-state index contributed by atoms with van der Waals surface area (Å²) in [5.41, 5.74) is 2.01. The van der Waals surface area contributed by atoms with Gasteiger partial charge in [-0.15, -0.1) is 0 Å². The zero-order valence-electron chi connectivity index (χ0n) is 17.9. The number of aryl methyl sites for hydroxylation is 1. The highest BCUT2D eigenvalue weighted by Gasteiger charge is 2.27. The standard InChI is InChI=1S/C25H26N2O4S/c1-3-17-31-23-10-8-9-21(18-23)26-25(28)19-27(22-15-13-20(4-2)14-16-22)32(29,30)24-11-6-5-7-12-24/h3,5-16,18H,1,4,17,19H2,2H3,(H,26,28). The summed E-state index contributed by atoms with van der Waals surface area (Å²) >= 11 is 0. The van der Waals surface area contributed by atoms with Gasteiger partial charge in [-0.2, -0.15) is 0 Å². The zero-order valence-corrected chi connectivity index (χ0v) is 18.7. The van der Waals surface area contributed by atoms with Crippen LogP contribution in [0.4, 0.5) is 11.4 Å². The number of carbonyl (C=O) groups is 1. The monoisotopic (exact) mass is 450 g/mol. The van der Waals surface area contributed by atoms with Gasteiger partial charge in [-0.05, 0) is 48.4 Å². The quantitative estimate of drug-likeness (QED) is 0.456. The van der Waals surface area contributed by atoms with Crippen LogP contribution in [0.15, 0.2) is 96.4 Å². The smallest absolute Gasteiger partial charge is 0.264 e. The van der Waals surface area contributed by atoms with E-state index in [1.54, 1.807) is 60.7 Å². The predicted octanol–water partition coefficient (Wildman–Crippen LogP) is 4.65. The van der Waals surface area contributed by atoms with Crippen molar-refractivity contribution in [1.82, 2.24) is 0 Å². The van der Waals surface area contributed by atoms with E-state index in [1.807, 2.05) is 19.1 Å². The average molecular weight is 451 g/mol. The van der Waals surface area contributed by atoms with E-state index in [9.17, 15) is 13.2 Å². The molecular formula is C25H26N2O4S. The number of anilines is 2. The number of nitrogens with one attached hydrogen (secondary N) is 1. The summed E-state index contributed by atoms with van der Waals surface area (Å²) in [7, 11) is -3.94. The first-order valence-electron chi connectivity index (χ1n) is 10.2. The summed E-state index contributed by atoms with van der Waals surface area (Å²) in [6, 6.07) is 22.1. The Morgan fingerprint density at radius 3 is 2.41 bits per heavy atom. The first kappa shape index (κ1) is 23.1. The Kier molecular flexibility index (Phi) is 7.68. The van der Waals surface area contributed by atoms with Gasteiger partial charge in [0.25, 0.3) is 10.0 Å². The molecule has 3 aromatic carbocycles. The number of hydrogen-bond acceptors (Lipinski definition) is 4. The van der Waals surface area contributed by atoms with Gasteiger partial charge in [-0.3, -0.25) is 9.10 Å². The number of amides is 1. The maximum atomic E-state index is 13.4. The predicted molar refractivity (Wildman–Crippen MR) is 128 cm³/mol. The molecule has 0 saturated heterocycles. The molecule has 0 fully saturated rings. The summed E-state index contributed by atoms with van der Waals surface area (Å²) < 4.78 is 33.3. The van der Waals surface area contributed by atoms with Crippen LogP contribution in [0.2, 0.25) is 0 Å². The van der Waals surface area contributed by atoms with E-state index in [0.29, 0.717) is 23.7 Å². The van der Waals surface area contributed by atoms with E-state index in [1.165, 1.54) is 12.1 Å². The van der Waals surface area contributed by atoms with Gasteiger partial charge in [-0.25, -0.2) is 8.42 Å². The summed E-state index contributed by atoms with van der Waals surface area (Å²) in [6.07, 6.45) is 2.46. The molecule has 7 heteroatoms.